The highest BCUT2D eigenvalue weighted by Gasteiger charge is 2.35. The van der Waals surface area contributed by atoms with Crippen molar-refractivity contribution in [3.05, 3.63) is 24.5 Å². The van der Waals surface area contributed by atoms with E-state index in [2.05, 4.69) is 14.6 Å². The highest BCUT2D eigenvalue weighted by atomic mass is 32.2. The van der Waals surface area contributed by atoms with E-state index in [0.717, 1.165) is 19.3 Å². The maximum Gasteiger partial charge on any atom is 0.242 e. The van der Waals surface area contributed by atoms with Crippen LogP contribution in [0.4, 0.5) is 0 Å². The Morgan fingerprint density at radius 2 is 1.96 bits per heavy atom. The van der Waals surface area contributed by atoms with Gasteiger partial charge in [0.05, 0.1) is 6.26 Å². The molecular weight excluding hydrogens is 404 g/mol. The van der Waals surface area contributed by atoms with Crippen LogP contribution < -0.4 is 4.72 Å². The molecule has 2 saturated heterocycles. The van der Waals surface area contributed by atoms with Crippen LogP contribution in [0.2, 0.25) is 0 Å². The molecule has 11 heteroatoms. The third-order valence-electron chi connectivity index (χ3n) is 5.33. The van der Waals surface area contributed by atoms with Gasteiger partial charge in [-0.3, -0.25) is 9.88 Å². The van der Waals surface area contributed by atoms with Crippen molar-refractivity contribution >= 4 is 20.0 Å². The molecule has 2 aliphatic rings. The molecule has 1 unspecified atom stereocenters. The quantitative estimate of drug-likeness (QED) is 0.610. The van der Waals surface area contributed by atoms with Gasteiger partial charge in [0.1, 0.15) is 4.90 Å². The normalized spacial score (nSPS) is 22.7. The lowest BCUT2D eigenvalue weighted by atomic mass is 10.0. The van der Waals surface area contributed by atoms with Gasteiger partial charge in [0.25, 0.3) is 0 Å². The number of hydrogen-bond acceptors (Lipinski definition) is 7. The maximum absolute atomic E-state index is 12.4. The first-order valence-corrected chi connectivity index (χ1v) is 12.8. The molecule has 0 amide bonds. The molecule has 0 radical (unpaired) electrons. The van der Waals surface area contributed by atoms with Gasteiger partial charge in [-0.1, -0.05) is 0 Å². The van der Waals surface area contributed by atoms with Crippen LogP contribution in [0.3, 0.4) is 0 Å². The van der Waals surface area contributed by atoms with Gasteiger partial charge in [-0.2, -0.15) is 0 Å². The minimum Gasteiger partial charge on any atom is -0.381 e. The molecule has 1 atom stereocenters. The molecule has 28 heavy (non-hydrogen) atoms. The monoisotopic (exact) mass is 432 g/mol. The zero-order chi connectivity index (χ0) is 20.2. The van der Waals surface area contributed by atoms with Crippen LogP contribution in [0.1, 0.15) is 19.3 Å². The maximum atomic E-state index is 12.4. The van der Waals surface area contributed by atoms with Crippen molar-refractivity contribution in [3.8, 4) is 0 Å². The Balaban J connectivity index is 1.65. The largest absolute Gasteiger partial charge is 0.381 e. The minimum absolute atomic E-state index is 0.0840. The van der Waals surface area contributed by atoms with Crippen LogP contribution in [-0.2, 0) is 24.8 Å². The third kappa shape index (κ3) is 5.49. The van der Waals surface area contributed by atoms with E-state index in [1.165, 1.54) is 29.0 Å². The van der Waals surface area contributed by atoms with Crippen molar-refractivity contribution in [2.75, 3.05) is 45.6 Å². The number of nitrogens with one attached hydrogen (secondary N) is 1. The number of aromatic nitrogens is 1. The van der Waals surface area contributed by atoms with E-state index >= 15 is 0 Å². The van der Waals surface area contributed by atoms with Gasteiger partial charge in [-0.25, -0.2) is 25.9 Å². The highest BCUT2D eigenvalue weighted by molar-refractivity contribution is 7.89. The summed E-state index contributed by atoms with van der Waals surface area (Å²) in [5, 5.41) is 0. The summed E-state index contributed by atoms with van der Waals surface area (Å²) < 4.78 is 58.2. The molecule has 3 heterocycles. The molecule has 0 aromatic carbocycles. The van der Waals surface area contributed by atoms with Crippen molar-refractivity contribution < 1.29 is 21.6 Å². The molecule has 9 nitrogen and oxygen atoms in total. The van der Waals surface area contributed by atoms with E-state index in [0.29, 0.717) is 32.8 Å². The lowest BCUT2D eigenvalue weighted by Crippen LogP contribution is -2.50. The first-order valence-electron chi connectivity index (χ1n) is 9.46. The van der Waals surface area contributed by atoms with Gasteiger partial charge in [-0.15, -0.1) is 0 Å². The molecule has 1 aromatic rings. The molecule has 2 aliphatic heterocycles. The topological polar surface area (TPSA) is 109 Å². The molecule has 0 aliphatic carbocycles. The van der Waals surface area contributed by atoms with E-state index in [4.69, 9.17) is 4.74 Å². The van der Waals surface area contributed by atoms with Crippen molar-refractivity contribution in [2.45, 2.75) is 36.2 Å². The first kappa shape index (κ1) is 21.6. The Labute approximate surface area is 167 Å². The first-order chi connectivity index (χ1) is 13.3. The average Bonchev–Trinajstić information content (AvgIpc) is 3.17. The number of rotatable bonds is 8. The zero-order valence-corrected chi connectivity index (χ0v) is 17.7. The van der Waals surface area contributed by atoms with Crippen molar-refractivity contribution in [1.82, 2.24) is 18.9 Å². The second kappa shape index (κ2) is 9.14. The number of hydrogen-bond donors (Lipinski definition) is 1. The number of ether oxygens (including phenoxy) is 1. The van der Waals surface area contributed by atoms with Crippen LogP contribution in [0.5, 0.6) is 0 Å². The van der Waals surface area contributed by atoms with Crippen molar-refractivity contribution in [3.63, 3.8) is 0 Å². The molecule has 0 bridgehead atoms. The van der Waals surface area contributed by atoms with Crippen molar-refractivity contribution in [2.24, 2.45) is 0 Å². The molecule has 2 fully saturated rings. The minimum atomic E-state index is -3.61. The predicted octanol–water partition coefficient (Wildman–Crippen LogP) is -0.125. The third-order valence-corrected chi connectivity index (χ3v) is 8.05. The molecule has 1 N–H and O–H groups in total. The van der Waals surface area contributed by atoms with Gasteiger partial charge in [0, 0.05) is 63.9 Å². The standard InChI is InChI=1S/C17H28N4O5S2/c1-27(22,23)20-9-4-16(14-20)21(15-5-11-26-12-6-15)10-8-19-28(24,25)17-3-2-7-18-13-17/h2-3,7,13,15-16,19H,4-6,8-12,14H2,1H3. The SMILES string of the molecule is CS(=O)(=O)N1CCC(N(CCNS(=O)(=O)c2cccnc2)C2CCOCC2)C1. The summed E-state index contributed by atoms with van der Waals surface area (Å²) in [7, 11) is -6.83. The summed E-state index contributed by atoms with van der Waals surface area (Å²) in [4.78, 5) is 6.26. The molecule has 1 aromatic heterocycles. The summed E-state index contributed by atoms with van der Waals surface area (Å²) in [5.41, 5.74) is 0. The second-order valence-electron chi connectivity index (χ2n) is 7.23. The Hall–Kier alpha value is -1.11. The fourth-order valence-corrected chi connectivity index (χ4v) is 5.73. The summed E-state index contributed by atoms with van der Waals surface area (Å²) in [6.07, 6.45) is 6.56. The van der Waals surface area contributed by atoms with E-state index in [9.17, 15) is 16.8 Å². The van der Waals surface area contributed by atoms with Crippen LogP contribution >= 0.6 is 0 Å². The Morgan fingerprint density at radius 1 is 1.21 bits per heavy atom. The fourth-order valence-electron chi connectivity index (χ4n) is 3.86. The molecule has 0 spiro atoms. The summed E-state index contributed by atoms with van der Waals surface area (Å²) in [6.45, 7) is 3.07. The molecule has 0 saturated carbocycles. The van der Waals surface area contributed by atoms with Crippen LogP contribution in [0, 0.1) is 0 Å². The van der Waals surface area contributed by atoms with Gasteiger partial charge >= 0.3 is 0 Å². The Morgan fingerprint density at radius 3 is 2.57 bits per heavy atom. The van der Waals surface area contributed by atoms with Gasteiger partial charge in [0.15, 0.2) is 0 Å². The Bertz CT molecular complexity index is 842. The van der Waals surface area contributed by atoms with Crippen molar-refractivity contribution in [1.29, 1.82) is 0 Å². The van der Waals surface area contributed by atoms with E-state index < -0.39 is 20.0 Å². The second-order valence-corrected chi connectivity index (χ2v) is 11.0. The molecule has 158 valence electrons. The number of pyridine rings is 1. The van der Waals surface area contributed by atoms with E-state index in [-0.39, 0.29) is 23.5 Å². The summed E-state index contributed by atoms with van der Waals surface area (Å²) in [6, 6.07) is 3.44. The summed E-state index contributed by atoms with van der Waals surface area (Å²) in [5.74, 6) is 0. The number of nitrogens with zero attached hydrogens (tertiary/aromatic N) is 3. The van der Waals surface area contributed by atoms with Crippen LogP contribution in [-0.4, -0.2) is 88.8 Å². The predicted molar refractivity (Wildman–Crippen MR) is 105 cm³/mol. The molecular formula is C17H28N4O5S2. The highest BCUT2D eigenvalue weighted by Crippen LogP contribution is 2.24. The molecule has 3 rings (SSSR count). The van der Waals surface area contributed by atoms with Crippen LogP contribution in [0.15, 0.2) is 29.4 Å². The summed E-state index contributed by atoms with van der Waals surface area (Å²) >= 11 is 0. The van der Waals surface area contributed by atoms with E-state index in [1.807, 2.05) is 0 Å². The fraction of sp³-hybridized carbons (Fsp3) is 0.706. The van der Waals surface area contributed by atoms with Gasteiger partial charge in [0.2, 0.25) is 20.0 Å². The lowest BCUT2D eigenvalue weighted by molar-refractivity contribution is 0.0200. The average molecular weight is 433 g/mol. The van der Waals surface area contributed by atoms with Crippen LogP contribution in [0.25, 0.3) is 0 Å². The number of sulfonamides is 2. The smallest absolute Gasteiger partial charge is 0.242 e. The Kier molecular flexibility index (Phi) is 7.05. The lowest BCUT2D eigenvalue weighted by Gasteiger charge is -2.38. The van der Waals surface area contributed by atoms with Gasteiger partial charge in [-0.05, 0) is 31.4 Å². The van der Waals surface area contributed by atoms with E-state index in [1.54, 1.807) is 6.07 Å². The zero-order valence-electron chi connectivity index (χ0n) is 16.0. The van der Waals surface area contributed by atoms with Gasteiger partial charge < -0.3 is 4.74 Å².